The van der Waals surface area contributed by atoms with E-state index in [1.165, 1.54) is 16.8 Å². The number of aryl methyl sites for hydroxylation is 1. The minimum absolute atomic E-state index is 0.00351. The molecule has 0 saturated carbocycles. The van der Waals surface area contributed by atoms with Crippen LogP contribution in [0.4, 0.5) is 10.2 Å². The summed E-state index contributed by atoms with van der Waals surface area (Å²) in [6.07, 6.45) is 3.32. The molecule has 3 rings (SSSR count). The van der Waals surface area contributed by atoms with Crippen LogP contribution in [0.5, 0.6) is 5.75 Å². The predicted octanol–water partition coefficient (Wildman–Crippen LogP) is 1.37. The molecular weight excluding hydrogens is 315 g/mol. The van der Waals surface area contributed by atoms with Crippen molar-refractivity contribution in [3.8, 4) is 5.75 Å². The van der Waals surface area contributed by atoms with Crippen molar-refractivity contribution in [2.24, 2.45) is 7.05 Å². The molecule has 0 bridgehead atoms. The lowest BCUT2D eigenvalue weighted by Crippen LogP contribution is -2.19. The maximum Gasteiger partial charge on any atom is 0.247 e. The number of halogens is 1. The van der Waals surface area contributed by atoms with Crippen LogP contribution in [0.25, 0.3) is 0 Å². The van der Waals surface area contributed by atoms with Gasteiger partial charge in [0.15, 0.2) is 5.82 Å². The van der Waals surface area contributed by atoms with Gasteiger partial charge in [-0.05, 0) is 12.1 Å². The maximum atomic E-state index is 13.1. The Balaban J connectivity index is 1.52. The second-order valence-corrected chi connectivity index (χ2v) is 5.08. The lowest BCUT2D eigenvalue weighted by molar-refractivity contribution is -0.116. The number of hydrogen-bond acceptors (Lipinski definition) is 5. The van der Waals surface area contributed by atoms with Gasteiger partial charge >= 0.3 is 0 Å². The number of nitrogens with one attached hydrogen (secondary N) is 1. The van der Waals surface area contributed by atoms with E-state index in [1.54, 1.807) is 42.3 Å². The van der Waals surface area contributed by atoms with Crippen LogP contribution in [-0.4, -0.2) is 30.7 Å². The molecule has 8 nitrogen and oxygen atoms in total. The van der Waals surface area contributed by atoms with E-state index in [1.807, 2.05) is 0 Å². The Bertz CT molecular complexity index is 844. The van der Waals surface area contributed by atoms with E-state index in [0.717, 1.165) is 0 Å². The zero-order valence-electron chi connectivity index (χ0n) is 12.9. The van der Waals surface area contributed by atoms with Crippen molar-refractivity contribution in [3.63, 3.8) is 0 Å². The first-order valence-electron chi connectivity index (χ1n) is 7.15. The molecule has 1 N–H and O–H groups in total. The van der Waals surface area contributed by atoms with Gasteiger partial charge in [-0.15, -0.1) is 5.10 Å². The molecule has 0 fully saturated rings. The summed E-state index contributed by atoms with van der Waals surface area (Å²) >= 11 is 0. The van der Waals surface area contributed by atoms with Gasteiger partial charge in [-0.25, -0.2) is 9.07 Å². The molecular formula is C15H15FN6O2. The van der Waals surface area contributed by atoms with Crippen LogP contribution in [-0.2, 0) is 25.0 Å². The summed E-state index contributed by atoms with van der Waals surface area (Å²) in [5.41, 5.74) is 0.532. The van der Waals surface area contributed by atoms with Gasteiger partial charge in [-0.3, -0.25) is 9.48 Å². The third-order valence-electron chi connectivity index (χ3n) is 3.06. The van der Waals surface area contributed by atoms with Crippen LogP contribution in [0.2, 0.25) is 0 Å². The number of hydrogen-bond donors (Lipinski definition) is 1. The molecule has 0 spiro atoms. The summed E-state index contributed by atoms with van der Waals surface area (Å²) in [4.78, 5) is 11.9. The monoisotopic (exact) mass is 330 g/mol. The van der Waals surface area contributed by atoms with Gasteiger partial charge in [-0.1, -0.05) is 11.3 Å². The topological polar surface area (TPSA) is 86.9 Å². The van der Waals surface area contributed by atoms with E-state index in [2.05, 4.69) is 20.7 Å². The molecule has 2 heterocycles. The van der Waals surface area contributed by atoms with Gasteiger partial charge in [0.25, 0.3) is 0 Å². The second kappa shape index (κ2) is 6.90. The fraction of sp³-hybridized carbons (Fsp3) is 0.200. The van der Waals surface area contributed by atoms with Crippen molar-refractivity contribution in [2.45, 2.75) is 13.2 Å². The largest absolute Gasteiger partial charge is 0.487 e. The Morgan fingerprint density at radius 3 is 3.00 bits per heavy atom. The van der Waals surface area contributed by atoms with Gasteiger partial charge in [0.1, 0.15) is 30.4 Å². The number of carbonyl (C=O) groups is 1. The van der Waals surface area contributed by atoms with Crippen LogP contribution in [0, 0.1) is 5.82 Å². The van der Waals surface area contributed by atoms with E-state index in [4.69, 9.17) is 4.74 Å². The normalized spacial score (nSPS) is 10.6. The molecule has 1 aromatic carbocycles. The van der Waals surface area contributed by atoms with Crippen LogP contribution in [0.1, 0.15) is 5.69 Å². The number of nitrogens with zero attached hydrogens (tertiary/aromatic N) is 5. The van der Waals surface area contributed by atoms with E-state index in [9.17, 15) is 9.18 Å². The minimum Gasteiger partial charge on any atom is -0.487 e. The summed E-state index contributed by atoms with van der Waals surface area (Å²) in [5.74, 6) is 0.230. The van der Waals surface area contributed by atoms with Crippen LogP contribution in [0.3, 0.4) is 0 Å². The maximum absolute atomic E-state index is 13.1. The molecule has 0 unspecified atom stereocenters. The van der Waals surface area contributed by atoms with Crippen molar-refractivity contribution >= 4 is 11.7 Å². The molecule has 2 aromatic heterocycles. The van der Waals surface area contributed by atoms with Gasteiger partial charge in [0.2, 0.25) is 5.91 Å². The second-order valence-electron chi connectivity index (χ2n) is 5.08. The molecule has 24 heavy (non-hydrogen) atoms. The molecule has 3 aromatic rings. The van der Waals surface area contributed by atoms with E-state index < -0.39 is 0 Å². The van der Waals surface area contributed by atoms with Crippen LogP contribution >= 0.6 is 0 Å². The Morgan fingerprint density at radius 1 is 1.38 bits per heavy atom. The molecule has 0 radical (unpaired) electrons. The summed E-state index contributed by atoms with van der Waals surface area (Å²) in [6, 6.07) is 7.52. The highest BCUT2D eigenvalue weighted by Crippen LogP contribution is 2.13. The van der Waals surface area contributed by atoms with E-state index in [0.29, 0.717) is 17.3 Å². The van der Waals surface area contributed by atoms with Gasteiger partial charge in [0, 0.05) is 25.4 Å². The van der Waals surface area contributed by atoms with Gasteiger partial charge in [-0.2, -0.15) is 5.10 Å². The molecule has 0 saturated heterocycles. The van der Waals surface area contributed by atoms with Crippen molar-refractivity contribution in [2.75, 3.05) is 5.32 Å². The summed E-state index contributed by atoms with van der Waals surface area (Å²) in [6.45, 7) is 0.134. The number of amides is 1. The Hall–Kier alpha value is -3.23. The van der Waals surface area contributed by atoms with Crippen LogP contribution in [0.15, 0.2) is 42.7 Å². The highest BCUT2D eigenvalue weighted by molar-refractivity contribution is 5.89. The summed E-state index contributed by atoms with van der Waals surface area (Å²) in [7, 11) is 1.76. The van der Waals surface area contributed by atoms with Gasteiger partial charge < -0.3 is 10.1 Å². The third-order valence-corrected chi connectivity index (χ3v) is 3.06. The van der Waals surface area contributed by atoms with E-state index in [-0.39, 0.29) is 24.9 Å². The first-order chi connectivity index (χ1) is 11.6. The van der Waals surface area contributed by atoms with E-state index >= 15 is 0 Å². The highest BCUT2D eigenvalue weighted by atomic mass is 19.1. The molecule has 0 aliphatic carbocycles. The number of aromatic nitrogens is 5. The zero-order chi connectivity index (χ0) is 16.9. The number of benzene rings is 1. The molecule has 124 valence electrons. The summed E-state index contributed by atoms with van der Waals surface area (Å²) in [5, 5.41) is 14.5. The lowest BCUT2D eigenvalue weighted by atomic mass is 10.3. The number of carbonyl (C=O) groups excluding carboxylic acids is 1. The van der Waals surface area contributed by atoms with Crippen molar-refractivity contribution < 1.29 is 13.9 Å². The lowest BCUT2D eigenvalue weighted by Gasteiger charge is -2.03. The van der Waals surface area contributed by atoms with Crippen molar-refractivity contribution in [1.82, 2.24) is 24.8 Å². The Morgan fingerprint density at radius 2 is 2.25 bits per heavy atom. The number of ether oxygens (including phenoxy) is 1. The first-order valence-corrected chi connectivity index (χ1v) is 7.15. The number of anilines is 1. The average Bonchev–Trinajstić information content (AvgIpc) is 3.14. The SMILES string of the molecule is Cn1ccc(NC(=O)Cn2cc(COc3cccc(F)c3)nn2)n1. The molecule has 0 aliphatic rings. The predicted molar refractivity (Wildman–Crippen MR) is 82.6 cm³/mol. The standard InChI is InChI=1S/C15H15FN6O2/c1-21-6-5-14(19-21)17-15(23)9-22-8-12(18-20-22)10-24-13-4-2-3-11(16)7-13/h2-8H,9-10H2,1H3,(H,17,19,23). The Kier molecular flexibility index (Phi) is 4.50. The first kappa shape index (κ1) is 15.7. The minimum atomic E-state index is -0.373. The molecule has 1 amide bonds. The third kappa shape index (κ3) is 4.15. The zero-order valence-corrected chi connectivity index (χ0v) is 12.9. The summed E-state index contributed by atoms with van der Waals surface area (Å²) < 4.78 is 21.5. The average molecular weight is 330 g/mol. The molecule has 0 atom stereocenters. The van der Waals surface area contributed by atoms with Crippen molar-refractivity contribution in [3.05, 3.63) is 54.2 Å². The fourth-order valence-electron chi connectivity index (χ4n) is 2.01. The molecule has 9 heteroatoms. The van der Waals surface area contributed by atoms with Crippen LogP contribution < -0.4 is 10.1 Å². The smallest absolute Gasteiger partial charge is 0.247 e. The molecule has 0 aliphatic heterocycles. The highest BCUT2D eigenvalue weighted by Gasteiger charge is 2.08. The van der Waals surface area contributed by atoms with Crippen molar-refractivity contribution in [1.29, 1.82) is 0 Å². The fourth-order valence-corrected chi connectivity index (χ4v) is 2.01. The quantitative estimate of drug-likeness (QED) is 0.737. The van der Waals surface area contributed by atoms with Gasteiger partial charge in [0.05, 0.1) is 6.20 Å². The number of rotatable bonds is 6. The Labute approximate surface area is 136 Å².